The van der Waals surface area contributed by atoms with Gasteiger partial charge in [0.25, 0.3) is 0 Å². The van der Waals surface area contributed by atoms with Crippen molar-refractivity contribution < 1.29 is 118 Å². The Hall–Kier alpha value is -6.46. The molecule has 0 radical (unpaired) electrons. The molecule has 0 aromatic heterocycles. The molecule has 0 spiro atoms. The van der Waals surface area contributed by atoms with E-state index in [0.29, 0.717) is 5.56 Å². The highest BCUT2D eigenvalue weighted by Crippen LogP contribution is 2.43. The summed E-state index contributed by atoms with van der Waals surface area (Å²) >= 11 is 0. The number of carbonyl (C=O) groups excluding carboxylic acids is 2. The Balaban J connectivity index is 1.23. The van der Waals surface area contributed by atoms with Gasteiger partial charge in [-0.3, -0.25) is 14.4 Å². The van der Waals surface area contributed by atoms with E-state index in [4.69, 9.17) is 52.2 Å². The minimum atomic E-state index is -2.02. The topological polar surface area (TPSA) is 391 Å². The molecule has 378 valence electrons. The van der Waals surface area contributed by atoms with E-state index in [1.807, 2.05) is 0 Å². The van der Waals surface area contributed by atoms with Crippen molar-refractivity contribution in [2.24, 2.45) is 0 Å². The van der Waals surface area contributed by atoms with Crippen LogP contribution in [0.5, 0.6) is 28.7 Å². The van der Waals surface area contributed by atoms with Gasteiger partial charge in [-0.05, 0) is 54.1 Å². The average molecular weight is 990 g/mol. The number of phenolic OH excluding ortho intramolecular Hbond substituents is 2. The number of benzene rings is 3. The van der Waals surface area contributed by atoms with Crippen LogP contribution in [0.3, 0.4) is 0 Å². The number of hydrogen-bond acceptors (Lipinski definition) is 23. The number of phenols is 2. The van der Waals surface area contributed by atoms with Crippen LogP contribution in [0.4, 0.5) is 0 Å². The van der Waals surface area contributed by atoms with Crippen molar-refractivity contribution in [3.63, 3.8) is 0 Å². The summed E-state index contributed by atoms with van der Waals surface area (Å²) < 4.78 is 56.9. The van der Waals surface area contributed by atoms with Gasteiger partial charge in [0.2, 0.25) is 19.2 Å². The van der Waals surface area contributed by atoms with E-state index in [9.17, 15) is 70.2 Å². The standard InChI is InChI=1S/C45H48O25/c1-61-27-10-18(2-8-23(27)48)3-9-32(52)62-16-30-36(56)38(58)42(70-43-39(59)34(54)24(49)15-64-43)45(69-30)67-28-13-22-25(65-41(28)19-4-6-20(46)7-5-19)11-21(47)12-26(22)66-44-40(60)37(57)35(55)29(68-44)17-63-33(53)14-31(50)51/h2-13,24,29-30,34-40,42-46,48-49,54-60H,14-17H2,1H3,(H,50,51)/p+1/t24-,29-,30-,34+,35-,36-,37+,38+,39-,40-,42-,43+,44-,45-/m1/s1. The molecule has 25 heteroatoms. The van der Waals surface area contributed by atoms with Gasteiger partial charge in [0.05, 0.1) is 25.4 Å². The lowest BCUT2D eigenvalue weighted by atomic mass is 9.98. The number of carbonyl (C=O) groups is 2. The van der Waals surface area contributed by atoms with Gasteiger partial charge in [-0.2, -0.15) is 0 Å². The Labute approximate surface area is 394 Å². The molecule has 4 heterocycles. The van der Waals surface area contributed by atoms with E-state index in [2.05, 4.69) is 0 Å². The number of esters is 2. The Bertz CT molecular complexity index is 2530. The van der Waals surface area contributed by atoms with Crippen molar-refractivity contribution in [2.75, 3.05) is 26.9 Å². The summed E-state index contributed by atoms with van der Waals surface area (Å²) in [6.07, 6.45) is -24.1. The Kier molecular flexibility index (Phi) is 16.2. The number of carboxylic acid groups (broad SMARTS) is 1. The Morgan fingerprint density at radius 2 is 1.39 bits per heavy atom. The van der Waals surface area contributed by atoms with Gasteiger partial charge in [-0.15, -0.1) is 0 Å². The number of aliphatic hydroxyl groups is 8. The molecule has 0 unspecified atom stereocenters. The van der Waals surface area contributed by atoms with E-state index in [0.717, 1.165) is 18.2 Å². The van der Waals surface area contributed by atoms with E-state index in [-0.39, 0.29) is 45.6 Å². The van der Waals surface area contributed by atoms with Crippen LogP contribution in [0.1, 0.15) is 12.0 Å². The zero-order chi connectivity index (χ0) is 50.6. The highest BCUT2D eigenvalue weighted by molar-refractivity contribution is 5.90. The maximum atomic E-state index is 13.1. The molecule has 5 aliphatic rings. The molecule has 0 amide bonds. The van der Waals surface area contributed by atoms with Crippen LogP contribution in [0.15, 0.2) is 76.0 Å². The largest absolute Gasteiger partial charge is 0.510 e. The molecule has 3 fully saturated rings. The average Bonchev–Trinajstić information content (AvgIpc) is 3.32. The second-order valence-corrected chi connectivity index (χ2v) is 16.1. The van der Waals surface area contributed by atoms with Gasteiger partial charge in [-0.1, -0.05) is 6.07 Å². The molecule has 0 bridgehead atoms. The van der Waals surface area contributed by atoms with Gasteiger partial charge in [0, 0.05) is 17.7 Å². The molecule has 2 aromatic carbocycles. The van der Waals surface area contributed by atoms with Crippen molar-refractivity contribution in [1.29, 1.82) is 0 Å². The maximum Gasteiger partial charge on any atom is 0.510 e. The van der Waals surface area contributed by atoms with Crippen LogP contribution in [-0.2, 0) is 38.0 Å². The van der Waals surface area contributed by atoms with Crippen LogP contribution in [0, 0.1) is 0 Å². The van der Waals surface area contributed by atoms with E-state index in [1.165, 1.54) is 61.7 Å². The summed E-state index contributed by atoms with van der Waals surface area (Å²) in [5, 5.41) is 115. The van der Waals surface area contributed by atoms with Gasteiger partial charge in [0.15, 0.2) is 46.9 Å². The highest BCUT2D eigenvalue weighted by Gasteiger charge is 2.52. The molecular formula is C45H49O25+. The van der Waals surface area contributed by atoms with E-state index in [1.54, 1.807) is 0 Å². The summed E-state index contributed by atoms with van der Waals surface area (Å²) in [5.41, 5.74) is -0.196. The smallest absolute Gasteiger partial charge is 0.508 e. The first kappa shape index (κ1) is 51.4. The van der Waals surface area contributed by atoms with Gasteiger partial charge >= 0.3 is 17.9 Å². The molecule has 1 aliphatic carbocycles. The number of hydrogen-bond donors (Lipinski definition) is 11. The van der Waals surface area contributed by atoms with Crippen LogP contribution in [-0.4, -0.2) is 192 Å². The van der Waals surface area contributed by atoms with Crippen LogP contribution in [0.25, 0.3) is 28.7 Å². The van der Waals surface area contributed by atoms with Crippen molar-refractivity contribution in [1.82, 2.24) is 0 Å². The third-order valence-corrected chi connectivity index (χ3v) is 11.2. The Morgan fingerprint density at radius 1 is 0.729 bits per heavy atom. The zero-order valence-electron chi connectivity index (χ0n) is 36.5. The maximum absolute atomic E-state index is 13.1. The summed E-state index contributed by atoms with van der Waals surface area (Å²) in [6, 6.07) is 12.8. The fourth-order valence-corrected chi connectivity index (χ4v) is 7.43. The van der Waals surface area contributed by atoms with Crippen molar-refractivity contribution in [3.8, 4) is 51.4 Å². The van der Waals surface area contributed by atoms with E-state index < -0.39 is 141 Å². The predicted molar refractivity (Wildman–Crippen MR) is 230 cm³/mol. The summed E-state index contributed by atoms with van der Waals surface area (Å²) in [5.74, 6) is -4.71. The molecule has 4 aliphatic heterocycles. The molecule has 7 rings (SSSR count). The summed E-state index contributed by atoms with van der Waals surface area (Å²) in [7, 11) is 1.34. The number of aromatic hydroxyl groups is 2. The fraction of sp³-hybridized carbons (Fsp3) is 0.422. The van der Waals surface area contributed by atoms with Gasteiger partial charge in [-0.25, -0.2) is 0 Å². The van der Waals surface area contributed by atoms with Crippen LogP contribution >= 0.6 is 0 Å². The summed E-state index contributed by atoms with van der Waals surface area (Å²) in [6.45, 7) is -2.01. The number of carboxylic acids is 1. The van der Waals surface area contributed by atoms with Gasteiger partial charge < -0.3 is 108 Å². The molecule has 2 aromatic rings. The lowest BCUT2D eigenvalue weighted by Crippen LogP contribution is -2.64. The first-order valence-corrected chi connectivity index (χ1v) is 21.2. The SMILES string of the molecule is COc1cc(C=CC(=[OH+])OC[C@H]2O[C@@H](Oc3cc4c(O[C@@H]5O[C@H](COC(=O)CC(=O)O)[C@@H](O)[C@H](O)[C@H]5O)cc(=O)cc-4oc3-c3ccc(O)cc3)[C@H](O[C@@H]3OC[C@@H](O)[C@H](O)[C@H]3O)[C@@H](O)[C@@H]2O)ccc1O. The zero-order valence-corrected chi connectivity index (χ0v) is 36.5. The van der Waals surface area contributed by atoms with E-state index >= 15 is 0 Å². The van der Waals surface area contributed by atoms with Crippen molar-refractivity contribution in [3.05, 3.63) is 82.5 Å². The Morgan fingerprint density at radius 3 is 2.09 bits per heavy atom. The predicted octanol–water partition coefficient (Wildman–Crippen LogP) is -2.08. The van der Waals surface area contributed by atoms with Crippen LogP contribution < -0.4 is 19.6 Å². The lowest BCUT2D eigenvalue weighted by Gasteiger charge is -2.44. The van der Waals surface area contributed by atoms with Crippen molar-refractivity contribution >= 4 is 24.0 Å². The molecule has 0 saturated carbocycles. The molecular weight excluding hydrogens is 940 g/mol. The monoisotopic (exact) mass is 989 g/mol. The highest BCUT2D eigenvalue weighted by atomic mass is 16.8. The lowest BCUT2D eigenvalue weighted by molar-refractivity contribution is -0.344. The summed E-state index contributed by atoms with van der Waals surface area (Å²) in [4.78, 5) is 46.6. The number of methoxy groups -OCH3 is 1. The molecule has 25 nitrogen and oxygen atoms in total. The second kappa shape index (κ2) is 22.1. The molecule has 12 N–H and O–H groups in total. The molecule has 70 heavy (non-hydrogen) atoms. The van der Waals surface area contributed by atoms with Gasteiger partial charge in [0.1, 0.15) is 85.2 Å². The number of aliphatic hydroxyl groups excluding tert-OH is 8. The molecule has 14 atom stereocenters. The fourth-order valence-electron chi connectivity index (χ4n) is 7.43. The third kappa shape index (κ3) is 11.8. The minimum Gasteiger partial charge on any atom is -0.508 e. The third-order valence-electron chi connectivity index (χ3n) is 11.2. The second-order valence-electron chi connectivity index (χ2n) is 16.1. The first-order chi connectivity index (χ1) is 33.3. The number of rotatable bonds is 16. The van der Waals surface area contributed by atoms with Crippen molar-refractivity contribution in [2.45, 2.75) is 92.4 Å². The number of aliphatic carboxylic acids is 1. The molecule has 3 saturated heterocycles. The normalized spacial score (nSPS) is 30.1. The number of ether oxygens (including phenoxy) is 9. The minimum absolute atomic E-state index is 0.118. The number of fused-ring (bicyclic) bond motifs is 1. The quantitative estimate of drug-likeness (QED) is 0.0248. The first-order valence-electron chi connectivity index (χ1n) is 21.2. The van der Waals surface area contributed by atoms with Crippen LogP contribution in [0.2, 0.25) is 0 Å².